The van der Waals surface area contributed by atoms with Crippen LogP contribution in [0.25, 0.3) is 11.4 Å². The van der Waals surface area contributed by atoms with Gasteiger partial charge in [-0.05, 0) is 127 Å². The van der Waals surface area contributed by atoms with Crippen molar-refractivity contribution in [3.63, 3.8) is 0 Å². The lowest BCUT2D eigenvalue weighted by molar-refractivity contribution is -0.130. The molecule has 1 aliphatic carbocycles. The molecule has 0 saturated heterocycles. The van der Waals surface area contributed by atoms with E-state index in [4.69, 9.17) is 4.74 Å². The SMILES string of the molecule is CC(C)(C)OC(=O)NCC1CCC(C(=O)N[C@@H](Cc2ccc(I)cc2)C(=O)Nc2ccc(-c3nnn[nH]3)cc2)CC1. The van der Waals surface area contributed by atoms with E-state index in [0.29, 0.717) is 37.3 Å². The zero-order valence-corrected chi connectivity index (χ0v) is 25.6. The minimum Gasteiger partial charge on any atom is -0.444 e. The van der Waals surface area contributed by atoms with E-state index in [1.165, 1.54) is 0 Å². The van der Waals surface area contributed by atoms with E-state index in [1.807, 2.05) is 45.0 Å². The number of alkyl carbamates (subject to hydrolysis) is 1. The minimum atomic E-state index is -0.743. The van der Waals surface area contributed by atoms with Crippen molar-refractivity contribution in [1.29, 1.82) is 0 Å². The molecule has 41 heavy (non-hydrogen) atoms. The molecule has 0 aliphatic heterocycles. The first kappa shape index (κ1) is 30.4. The molecule has 3 amide bonds. The number of nitrogens with one attached hydrogen (secondary N) is 4. The molecule has 1 saturated carbocycles. The highest BCUT2D eigenvalue weighted by molar-refractivity contribution is 14.1. The van der Waals surface area contributed by atoms with E-state index in [0.717, 1.165) is 27.5 Å². The van der Waals surface area contributed by atoms with Crippen molar-refractivity contribution < 1.29 is 19.1 Å². The smallest absolute Gasteiger partial charge is 0.407 e. The zero-order chi connectivity index (χ0) is 29.4. The predicted octanol–water partition coefficient (Wildman–Crippen LogP) is 4.47. The molecule has 1 fully saturated rings. The lowest BCUT2D eigenvalue weighted by Crippen LogP contribution is -2.48. The van der Waals surface area contributed by atoms with Crippen molar-refractivity contribution in [2.24, 2.45) is 11.8 Å². The Hall–Kier alpha value is -3.55. The van der Waals surface area contributed by atoms with Crippen LogP contribution < -0.4 is 16.0 Å². The number of ether oxygens (including phenoxy) is 1. The highest BCUT2D eigenvalue weighted by Crippen LogP contribution is 2.29. The molecule has 4 N–H and O–H groups in total. The molecule has 0 radical (unpaired) electrons. The summed E-state index contributed by atoms with van der Waals surface area (Å²) in [5, 5.41) is 22.6. The second kappa shape index (κ2) is 13.9. The Morgan fingerprint density at radius 2 is 1.71 bits per heavy atom. The minimum absolute atomic E-state index is 0.123. The van der Waals surface area contributed by atoms with Gasteiger partial charge in [0.25, 0.3) is 0 Å². The molecule has 3 aromatic rings. The number of aromatic nitrogens is 4. The molecular weight excluding hydrogens is 637 g/mol. The maximum Gasteiger partial charge on any atom is 0.407 e. The maximum absolute atomic E-state index is 13.4. The Labute approximate surface area is 253 Å². The molecule has 11 nitrogen and oxygen atoms in total. The zero-order valence-electron chi connectivity index (χ0n) is 23.4. The van der Waals surface area contributed by atoms with Crippen LogP contribution in [0.4, 0.5) is 10.5 Å². The van der Waals surface area contributed by atoms with Gasteiger partial charge in [-0.3, -0.25) is 9.59 Å². The summed E-state index contributed by atoms with van der Waals surface area (Å²) < 4.78 is 6.41. The molecule has 1 aromatic heterocycles. The normalized spacial score (nSPS) is 17.8. The Morgan fingerprint density at radius 3 is 2.32 bits per heavy atom. The quantitative estimate of drug-likeness (QED) is 0.245. The Kier molecular flexibility index (Phi) is 10.3. The fraction of sp³-hybridized carbons (Fsp3) is 0.448. The van der Waals surface area contributed by atoms with Gasteiger partial charge >= 0.3 is 6.09 Å². The van der Waals surface area contributed by atoms with Crippen LogP contribution in [0.5, 0.6) is 0 Å². The molecule has 12 heteroatoms. The van der Waals surface area contributed by atoms with Crippen molar-refractivity contribution in [2.45, 2.75) is 64.5 Å². The fourth-order valence-corrected chi connectivity index (χ4v) is 5.11. The number of halogens is 1. The number of carbonyl (C=O) groups is 3. The summed E-state index contributed by atoms with van der Waals surface area (Å²) in [6.45, 7) is 6.01. The average Bonchev–Trinajstić information content (AvgIpc) is 3.48. The number of hydrogen-bond acceptors (Lipinski definition) is 7. The molecule has 0 bridgehead atoms. The second-order valence-corrected chi connectivity index (χ2v) is 12.6. The first-order valence-corrected chi connectivity index (χ1v) is 14.8. The highest BCUT2D eigenvalue weighted by Gasteiger charge is 2.30. The van der Waals surface area contributed by atoms with Crippen LogP contribution in [-0.2, 0) is 20.7 Å². The van der Waals surface area contributed by atoms with Gasteiger partial charge in [-0.2, -0.15) is 0 Å². The average molecular weight is 674 g/mol. The molecular formula is C29H36IN7O4. The molecule has 1 heterocycles. The summed E-state index contributed by atoms with van der Waals surface area (Å²) in [6.07, 6.45) is 2.96. The van der Waals surface area contributed by atoms with E-state index >= 15 is 0 Å². The summed E-state index contributed by atoms with van der Waals surface area (Å²) in [5.41, 5.74) is 1.80. The van der Waals surface area contributed by atoms with E-state index in [1.54, 1.807) is 24.3 Å². The molecule has 0 spiro atoms. The van der Waals surface area contributed by atoms with Crippen LogP contribution in [-0.4, -0.2) is 56.7 Å². The number of carbonyl (C=O) groups excluding carboxylic acids is 3. The lowest BCUT2D eigenvalue weighted by atomic mass is 9.81. The predicted molar refractivity (Wildman–Crippen MR) is 163 cm³/mol. The van der Waals surface area contributed by atoms with Crippen LogP contribution in [0, 0.1) is 15.4 Å². The number of H-pyrrole nitrogens is 1. The van der Waals surface area contributed by atoms with Crippen LogP contribution in [0.2, 0.25) is 0 Å². The van der Waals surface area contributed by atoms with E-state index in [-0.39, 0.29) is 23.7 Å². The lowest BCUT2D eigenvalue weighted by Gasteiger charge is -2.29. The Morgan fingerprint density at radius 1 is 1.02 bits per heavy atom. The second-order valence-electron chi connectivity index (χ2n) is 11.3. The monoisotopic (exact) mass is 673 g/mol. The fourth-order valence-electron chi connectivity index (χ4n) is 4.75. The van der Waals surface area contributed by atoms with Crippen molar-refractivity contribution in [3.8, 4) is 11.4 Å². The highest BCUT2D eigenvalue weighted by atomic mass is 127. The third-order valence-electron chi connectivity index (χ3n) is 6.91. The van der Waals surface area contributed by atoms with Gasteiger partial charge in [-0.25, -0.2) is 9.89 Å². The third-order valence-corrected chi connectivity index (χ3v) is 7.63. The van der Waals surface area contributed by atoms with Gasteiger partial charge in [0.1, 0.15) is 11.6 Å². The van der Waals surface area contributed by atoms with E-state index in [9.17, 15) is 14.4 Å². The summed E-state index contributed by atoms with van der Waals surface area (Å²) in [6, 6.07) is 14.3. The van der Waals surface area contributed by atoms with Crippen LogP contribution >= 0.6 is 22.6 Å². The molecule has 4 rings (SSSR count). The van der Waals surface area contributed by atoms with Gasteiger partial charge in [-0.15, -0.1) is 5.10 Å². The van der Waals surface area contributed by atoms with Gasteiger partial charge in [0.05, 0.1) is 0 Å². The summed E-state index contributed by atoms with van der Waals surface area (Å²) in [5.74, 6) is 0.216. The van der Waals surface area contributed by atoms with Crippen molar-refractivity contribution in [2.75, 3.05) is 11.9 Å². The maximum atomic E-state index is 13.4. The number of rotatable bonds is 9. The number of amides is 3. The summed E-state index contributed by atoms with van der Waals surface area (Å²) in [7, 11) is 0. The summed E-state index contributed by atoms with van der Waals surface area (Å²) in [4.78, 5) is 38.7. The number of tetrazole rings is 1. The molecule has 1 aliphatic rings. The van der Waals surface area contributed by atoms with Gasteiger partial charge in [0, 0.05) is 33.7 Å². The third kappa shape index (κ3) is 9.51. The molecule has 2 aromatic carbocycles. The molecule has 1 atom stereocenters. The van der Waals surface area contributed by atoms with Crippen molar-refractivity contribution in [1.82, 2.24) is 31.3 Å². The van der Waals surface area contributed by atoms with Gasteiger partial charge in [0.15, 0.2) is 5.82 Å². The van der Waals surface area contributed by atoms with Gasteiger partial charge in [-0.1, -0.05) is 12.1 Å². The topological polar surface area (TPSA) is 151 Å². The number of anilines is 1. The van der Waals surface area contributed by atoms with Crippen molar-refractivity contribution in [3.05, 3.63) is 57.7 Å². The van der Waals surface area contributed by atoms with Crippen LogP contribution in [0.3, 0.4) is 0 Å². The van der Waals surface area contributed by atoms with E-state index < -0.39 is 17.7 Å². The van der Waals surface area contributed by atoms with Crippen LogP contribution in [0.15, 0.2) is 48.5 Å². The molecule has 218 valence electrons. The van der Waals surface area contributed by atoms with Crippen LogP contribution in [0.1, 0.15) is 52.0 Å². The number of nitrogens with zero attached hydrogens (tertiary/aromatic N) is 3. The van der Waals surface area contributed by atoms with E-state index in [2.05, 4.69) is 59.2 Å². The Balaban J connectivity index is 1.34. The number of benzene rings is 2. The summed E-state index contributed by atoms with van der Waals surface area (Å²) >= 11 is 2.24. The first-order chi connectivity index (χ1) is 19.6. The van der Waals surface area contributed by atoms with Gasteiger partial charge in [0.2, 0.25) is 11.8 Å². The van der Waals surface area contributed by atoms with Gasteiger partial charge < -0.3 is 20.7 Å². The van der Waals surface area contributed by atoms with Crippen molar-refractivity contribution >= 4 is 46.2 Å². The Bertz CT molecular complexity index is 1300. The standard InChI is InChI=1S/C29H36IN7O4/c1-29(2,3)41-28(40)31-17-19-4-8-21(9-5-19)26(38)33-24(16-18-6-12-22(30)13-7-18)27(39)32-23-14-10-20(11-15-23)25-34-36-37-35-25/h6-7,10-15,19,21,24H,4-5,8-9,16-17H2,1-3H3,(H,31,40)(H,32,39)(H,33,38)(H,34,35,36,37)/t19?,21?,24-/m0/s1. The first-order valence-electron chi connectivity index (χ1n) is 13.7. The molecule has 0 unspecified atom stereocenters. The largest absolute Gasteiger partial charge is 0.444 e. The number of aromatic amines is 1. The number of hydrogen-bond donors (Lipinski definition) is 4.